The first kappa shape index (κ1) is 15.1. The predicted octanol–water partition coefficient (Wildman–Crippen LogP) is 2.17. The van der Waals surface area contributed by atoms with Crippen molar-refractivity contribution >= 4 is 22.7 Å². The van der Waals surface area contributed by atoms with Crippen molar-refractivity contribution in [2.45, 2.75) is 31.4 Å². The standard InChI is InChI=1S/C19H20N2O3/c22-16(11-13-7-8-14-4-1-2-5-15(14)10-13)12-21-18(23)17-6-3-9-20(17)19(21)24/h1-2,4-5,7-8,10,16-17,22H,3,6,9,11-12H2/t16-,17+/m1/s1. The Bertz CT molecular complexity index is 782. The topological polar surface area (TPSA) is 60.9 Å². The molecule has 2 aliphatic rings. The average molecular weight is 324 g/mol. The predicted molar refractivity (Wildman–Crippen MR) is 90.5 cm³/mol. The van der Waals surface area contributed by atoms with Crippen LogP contribution < -0.4 is 0 Å². The summed E-state index contributed by atoms with van der Waals surface area (Å²) in [5.74, 6) is -0.157. The smallest absolute Gasteiger partial charge is 0.327 e. The summed E-state index contributed by atoms with van der Waals surface area (Å²) in [5, 5.41) is 12.6. The number of benzene rings is 2. The zero-order valence-corrected chi connectivity index (χ0v) is 13.4. The normalized spacial score (nSPS) is 21.6. The molecule has 124 valence electrons. The van der Waals surface area contributed by atoms with E-state index in [4.69, 9.17) is 0 Å². The quantitative estimate of drug-likeness (QED) is 0.877. The van der Waals surface area contributed by atoms with Crippen molar-refractivity contribution < 1.29 is 14.7 Å². The van der Waals surface area contributed by atoms with Crippen molar-refractivity contribution in [2.24, 2.45) is 0 Å². The number of amides is 3. The van der Waals surface area contributed by atoms with Crippen LogP contribution in [-0.2, 0) is 11.2 Å². The van der Waals surface area contributed by atoms with Gasteiger partial charge in [-0.25, -0.2) is 4.79 Å². The van der Waals surface area contributed by atoms with E-state index in [1.54, 1.807) is 4.90 Å². The maximum absolute atomic E-state index is 12.3. The number of urea groups is 1. The molecule has 4 rings (SSSR count). The minimum atomic E-state index is -0.751. The minimum Gasteiger partial charge on any atom is -0.391 e. The Hall–Kier alpha value is -2.40. The highest BCUT2D eigenvalue weighted by molar-refractivity contribution is 6.04. The van der Waals surface area contributed by atoms with Gasteiger partial charge in [-0.3, -0.25) is 9.69 Å². The van der Waals surface area contributed by atoms with Gasteiger partial charge in [-0.05, 0) is 29.2 Å². The van der Waals surface area contributed by atoms with E-state index < -0.39 is 6.10 Å². The van der Waals surface area contributed by atoms with Gasteiger partial charge in [0, 0.05) is 13.0 Å². The summed E-state index contributed by atoms with van der Waals surface area (Å²) in [4.78, 5) is 27.4. The number of aliphatic hydroxyl groups excluding tert-OH is 1. The number of β-amino-alcohol motifs (C(OH)–C–C–N with tert-alkyl or cyclic N) is 1. The Morgan fingerprint density at radius 1 is 1.12 bits per heavy atom. The molecule has 2 heterocycles. The van der Waals surface area contributed by atoms with E-state index >= 15 is 0 Å². The van der Waals surface area contributed by atoms with Crippen LogP contribution in [-0.4, -0.2) is 52.1 Å². The molecular weight excluding hydrogens is 304 g/mol. The lowest BCUT2D eigenvalue weighted by atomic mass is 10.0. The van der Waals surface area contributed by atoms with E-state index in [0.29, 0.717) is 13.0 Å². The molecule has 2 fully saturated rings. The molecule has 0 aliphatic carbocycles. The molecule has 2 atom stereocenters. The third-order valence-electron chi connectivity index (χ3n) is 4.96. The van der Waals surface area contributed by atoms with Gasteiger partial charge < -0.3 is 10.0 Å². The molecule has 0 saturated carbocycles. The van der Waals surface area contributed by atoms with E-state index in [-0.39, 0.29) is 24.5 Å². The molecule has 24 heavy (non-hydrogen) atoms. The maximum Gasteiger partial charge on any atom is 0.327 e. The van der Waals surface area contributed by atoms with Gasteiger partial charge >= 0.3 is 6.03 Å². The Morgan fingerprint density at radius 3 is 2.71 bits per heavy atom. The van der Waals surface area contributed by atoms with Gasteiger partial charge in [0.05, 0.1) is 12.6 Å². The molecule has 2 aliphatic heterocycles. The summed E-state index contributed by atoms with van der Waals surface area (Å²) in [6, 6.07) is 13.6. The first-order valence-corrected chi connectivity index (χ1v) is 8.41. The van der Waals surface area contributed by atoms with Gasteiger partial charge in [0.15, 0.2) is 0 Å². The highest BCUT2D eigenvalue weighted by Crippen LogP contribution is 2.27. The zero-order chi connectivity index (χ0) is 16.7. The number of imide groups is 1. The second-order valence-corrected chi connectivity index (χ2v) is 6.62. The van der Waals surface area contributed by atoms with Crippen LogP contribution in [0.5, 0.6) is 0 Å². The number of nitrogens with zero attached hydrogens (tertiary/aromatic N) is 2. The number of carbonyl (C=O) groups excluding carboxylic acids is 2. The minimum absolute atomic E-state index is 0.0670. The fourth-order valence-electron chi connectivity index (χ4n) is 3.76. The lowest BCUT2D eigenvalue weighted by Gasteiger charge is -2.19. The molecule has 5 heteroatoms. The summed E-state index contributed by atoms with van der Waals surface area (Å²) in [5.41, 5.74) is 1.00. The Balaban J connectivity index is 1.45. The Morgan fingerprint density at radius 2 is 1.92 bits per heavy atom. The summed E-state index contributed by atoms with van der Waals surface area (Å²) in [6.07, 6.45) is 1.29. The van der Waals surface area contributed by atoms with Crippen LogP contribution in [0.25, 0.3) is 10.8 Å². The molecule has 2 saturated heterocycles. The van der Waals surface area contributed by atoms with Gasteiger partial charge in [0.1, 0.15) is 6.04 Å². The second kappa shape index (κ2) is 5.91. The lowest BCUT2D eigenvalue weighted by molar-refractivity contribution is -0.128. The highest BCUT2D eigenvalue weighted by Gasteiger charge is 2.47. The van der Waals surface area contributed by atoms with Gasteiger partial charge in [-0.15, -0.1) is 0 Å². The third kappa shape index (κ3) is 2.55. The van der Waals surface area contributed by atoms with Crippen molar-refractivity contribution in [3.05, 3.63) is 48.0 Å². The Kier molecular flexibility index (Phi) is 3.73. The molecular formula is C19H20N2O3. The van der Waals surface area contributed by atoms with E-state index in [2.05, 4.69) is 0 Å². The monoisotopic (exact) mass is 324 g/mol. The van der Waals surface area contributed by atoms with Crippen molar-refractivity contribution in [3.63, 3.8) is 0 Å². The van der Waals surface area contributed by atoms with Crippen LogP contribution in [0.4, 0.5) is 4.79 Å². The van der Waals surface area contributed by atoms with Crippen molar-refractivity contribution in [1.29, 1.82) is 0 Å². The van der Waals surface area contributed by atoms with Gasteiger partial charge in [-0.2, -0.15) is 0 Å². The molecule has 0 unspecified atom stereocenters. The summed E-state index contributed by atoms with van der Waals surface area (Å²) in [7, 11) is 0. The number of fused-ring (bicyclic) bond motifs is 2. The number of hydrogen-bond donors (Lipinski definition) is 1. The maximum atomic E-state index is 12.3. The van der Waals surface area contributed by atoms with Crippen LogP contribution >= 0.6 is 0 Å². The summed E-state index contributed by atoms with van der Waals surface area (Å²) < 4.78 is 0. The molecule has 0 aromatic heterocycles. The van der Waals surface area contributed by atoms with Gasteiger partial charge in [0.25, 0.3) is 5.91 Å². The zero-order valence-electron chi connectivity index (χ0n) is 13.4. The SMILES string of the molecule is O=C1[C@@H]2CCCN2C(=O)N1C[C@H](O)Cc1ccc2ccccc2c1. The van der Waals surface area contributed by atoms with E-state index in [0.717, 1.165) is 29.2 Å². The highest BCUT2D eigenvalue weighted by atomic mass is 16.3. The molecule has 0 bridgehead atoms. The molecule has 0 radical (unpaired) electrons. The Labute approximate surface area is 140 Å². The molecule has 2 aromatic carbocycles. The number of aliphatic hydroxyl groups is 1. The van der Waals surface area contributed by atoms with Crippen molar-refractivity contribution in [2.75, 3.05) is 13.1 Å². The number of rotatable bonds is 4. The largest absolute Gasteiger partial charge is 0.391 e. The fourth-order valence-corrected chi connectivity index (χ4v) is 3.76. The molecule has 5 nitrogen and oxygen atoms in total. The molecule has 1 N–H and O–H groups in total. The fraction of sp³-hybridized carbons (Fsp3) is 0.368. The van der Waals surface area contributed by atoms with Crippen LogP contribution in [0.3, 0.4) is 0 Å². The van der Waals surface area contributed by atoms with E-state index in [1.807, 2.05) is 42.5 Å². The number of hydrogen-bond acceptors (Lipinski definition) is 3. The van der Waals surface area contributed by atoms with E-state index in [1.165, 1.54) is 4.90 Å². The van der Waals surface area contributed by atoms with Gasteiger partial charge in [-0.1, -0.05) is 42.5 Å². The second-order valence-electron chi connectivity index (χ2n) is 6.62. The summed E-state index contributed by atoms with van der Waals surface area (Å²) >= 11 is 0. The lowest BCUT2D eigenvalue weighted by Crippen LogP contribution is -2.39. The number of carbonyl (C=O) groups is 2. The van der Waals surface area contributed by atoms with Crippen LogP contribution in [0.2, 0.25) is 0 Å². The molecule has 2 aromatic rings. The summed E-state index contributed by atoms with van der Waals surface area (Å²) in [6.45, 7) is 0.712. The van der Waals surface area contributed by atoms with Crippen LogP contribution in [0, 0.1) is 0 Å². The van der Waals surface area contributed by atoms with Gasteiger partial charge in [0.2, 0.25) is 0 Å². The first-order valence-electron chi connectivity index (χ1n) is 8.41. The average Bonchev–Trinajstić information content (AvgIpc) is 3.15. The molecule has 3 amide bonds. The first-order chi connectivity index (χ1) is 11.6. The van der Waals surface area contributed by atoms with E-state index in [9.17, 15) is 14.7 Å². The van der Waals surface area contributed by atoms with Crippen molar-refractivity contribution in [3.8, 4) is 0 Å². The van der Waals surface area contributed by atoms with Crippen LogP contribution in [0.15, 0.2) is 42.5 Å². The molecule has 0 spiro atoms. The van der Waals surface area contributed by atoms with Crippen molar-refractivity contribution in [1.82, 2.24) is 9.80 Å². The third-order valence-corrected chi connectivity index (χ3v) is 4.96. The van der Waals surface area contributed by atoms with Crippen LogP contribution in [0.1, 0.15) is 18.4 Å².